The summed E-state index contributed by atoms with van der Waals surface area (Å²) in [7, 11) is -0.521. The van der Waals surface area contributed by atoms with Crippen LogP contribution in [-0.4, -0.2) is 84.4 Å². The molecule has 6 rings (SSSR count). The number of nitrogens with two attached hydrogens (primary N) is 2. The maximum absolute atomic E-state index is 13.9. The lowest BCUT2D eigenvalue weighted by atomic mass is 9.43. The third-order valence-corrected chi connectivity index (χ3v) is 14.8. The fourth-order valence-electron chi connectivity index (χ4n) is 10.4. The lowest BCUT2D eigenvalue weighted by Crippen LogP contribution is -2.65. The Bertz CT molecular complexity index is 1890. The summed E-state index contributed by atoms with van der Waals surface area (Å²) in [5.41, 5.74) is 15.1. The van der Waals surface area contributed by atoms with Crippen molar-refractivity contribution in [1.82, 2.24) is 10.6 Å². The standard InChI is InChI=1S/C51H77BN4O8/c1-8-9-14-35-17-19-36(20-18-35)37-21-23-38(24-22-37)42(58)29-39(15-10-12-25-53)49(62)56-47(34(4)57)44(60)27-32(2)48(61)55-41(16-11-13-26-54)43(59)28-33(3)52-63-46-31-40-30-45(50(40,5)6)51(46,7)64-52/h17-24,32-34,39-41,45-47,57H,8-16,25-31,53-54H2,1-7H3,(H,55,61)(H,56,62)/t32-,33-,34?,39-,40+,41+,45+,46?,47+,51+/m1/s1. The molecule has 7 N–H and O–H groups in total. The second-order valence-corrected chi connectivity index (χ2v) is 20.1. The first-order valence-corrected chi connectivity index (χ1v) is 24.2. The summed E-state index contributed by atoms with van der Waals surface area (Å²) < 4.78 is 13.1. The van der Waals surface area contributed by atoms with Gasteiger partial charge in [-0.1, -0.05) is 96.0 Å². The van der Waals surface area contributed by atoms with E-state index in [1.165, 1.54) is 12.5 Å². The van der Waals surface area contributed by atoms with E-state index in [9.17, 15) is 29.1 Å². The minimum atomic E-state index is -1.31. The van der Waals surface area contributed by atoms with Gasteiger partial charge in [-0.3, -0.25) is 24.0 Å². The van der Waals surface area contributed by atoms with Gasteiger partial charge in [-0.15, -0.1) is 0 Å². The lowest BCUT2D eigenvalue weighted by Gasteiger charge is -2.64. The fourth-order valence-corrected chi connectivity index (χ4v) is 10.4. The second-order valence-electron chi connectivity index (χ2n) is 20.1. The number of benzene rings is 2. The molecule has 1 heterocycles. The Morgan fingerprint density at radius 3 is 2.00 bits per heavy atom. The molecule has 2 unspecified atom stereocenters. The highest BCUT2D eigenvalue weighted by Crippen LogP contribution is 2.66. The fraction of sp³-hybridized carbons (Fsp3) is 0.667. The number of carbonyl (C=O) groups excluding carboxylic acids is 5. The van der Waals surface area contributed by atoms with Crippen molar-refractivity contribution in [2.45, 2.75) is 174 Å². The van der Waals surface area contributed by atoms with Crippen LogP contribution in [0.5, 0.6) is 0 Å². The van der Waals surface area contributed by atoms with E-state index < -0.39 is 60.3 Å². The van der Waals surface area contributed by atoms with Gasteiger partial charge in [0.25, 0.3) is 0 Å². The van der Waals surface area contributed by atoms with E-state index in [1.54, 1.807) is 19.1 Å². The SMILES string of the molecule is CCCCc1ccc(-c2ccc(C(=O)C[C@@H](CCCCN)C(=O)N[C@H](C(=O)C[C@@H](C)C(=O)N[C@@H](CCCCN)C(=O)C[C@@H](C)B3OC4C[C@@H]5C[C@@H](C5(C)C)[C@]4(C)O3)C(C)O)cc2)cc1. The van der Waals surface area contributed by atoms with Crippen LogP contribution in [0.3, 0.4) is 0 Å². The van der Waals surface area contributed by atoms with Crippen LogP contribution in [0.15, 0.2) is 48.5 Å². The molecule has 2 aromatic rings. The van der Waals surface area contributed by atoms with Crippen LogP contribution in [0, 0.1) is 29.1 Å². The molecule has 352 valence electrons. The van der Waals surface area contributed by atoms with Gasteiger partial charge in [0.1, 0.15) is 6.04 Å². The number of rotatable bonds is 27. The number of unbranched alkanes of at least 4 members (excludes halogenated alkanes) is 3. The summed E-state index contributed by atoms with van der Waals surface area (Å²) in [6.45, 7) is 14.8. The number of Topliss-reactive ketones (excluding diaryl/α,β-unsaturated/α-hetero) is 3. The molecule has 0 radical (unpaired) electrons. The molecular formula is C51H77BN4O8. The Balaban J connectivity index is 1.17. The number of aliphatic hydroxyl groups is 1. The molecule has 2 aromatic carbocycles. The largest absolute Gasteiger partial charge is 0.461 e. The molecule has 10 atom stereocenters. The van der Waals surface area contributed by atoms with Gasteiger partial charge < -0.3 is 36.5 Å². The van der Waals surface area contributed by atoms with E-state index in [4.69, 9.17) is 20.8 Å². The number of ketones is 3. The maximum atomic E-state index is 13.9. The highest BCUT2D eigenvalue weighted by molar-refractivity contribution is 6.47. The van der Waals surface area contributed by atoms with Gasteiger partial charge in [0, 0.05) is 36.7 Å². The van der Waals surface area contributed by atoms with E-state index in [0.717, 1.165) is 43.2 Å². The molecule has 2 bridgehead atoms. The van der Waals surface area contributed by atoms with Gasteiger partial charge in [0.15, 0.2) is 17.3 Å². The topological polar surface area (TPSA) is 200 Å². The molecule has 13 heteroatoms. The lowest BCUT2D eigenvalue weighted by molar-refractivity contribution is -0.199. The Morgan fingerprint density at radius 1 is 0.781 bits per heavy atom. The van der Waals surface area contributed by atoms with Gasteiger partial charge >= 0.3 is 7.12 Å². The number of hydrogen-bond donors (Lipinski definition) is 5. The van der Waals surface area contributed by atoms with Crippen molar-refractivity contribution >= 4 is 36.3 Å². The van der Waals surface area contributed by atoms with Crippen LogP contribution in [0.25, 0.3) is 11.1 Å². The summed E-state index contributed by atoms with van der Waals surface area (Å²) >= 11 is 0. The molecule has 1 saturated heterocycles. The van der Waals surface area contributed by atoms with E-state index in [0.29, 0.717) is 69.0 Å². The number of amides is 2. The third-order valence-electron chi connectivity index (χ3n) is 14.8. The maximum Gasteiger partial charge on any atom is 0.461 e. The average molecular weight is 885 g/mol. The van der Waals surface area contributed by atoms with Crippen LogP contribution in [0.1, 0.15) is 148 Å². The van der Waals surface area contributed by atoms with Crippen LogP contribution >= 0.6 is 0 Å². The molecule has 1 aliphatic heterocycles. The summed E-state index contributed by atoms with van der Waals surface area (Å²) in [4.78, 5) is 68.7. The van der Waals surface area contributed by atoms with Gasteiger partial charge in [-0.05, 0) is 124 Å². The zero-order chi connectivity index (χ0) is 46.8. The summed E-state index contributed by atoms with van der Waals surface area (Å²) in [5.74, 6) is -2.74. The van der Waals surface area contributed by atoms with Gasteiger partial charge in [-0.2, -0.15) is 0 Å². The van der Waals surface area contributed by atoms with Crippen molar-refractivity contribution in [1.29, 1.82) is 0 Å². The smallest absolute Gasteiger partial charge is 0.405 e. The predicted octanol–water partition coefficient (Wildman–Crippen LogP) is 7.17. The number of hydrogen-bond acceptors (Lipinski definition) is 10. The average Bonchev–Trinajstić information content (AvgIpc) is 3.64. The Morgan fingerprint density at radius 2 is 1.41 bits per heavy atom. The summed E-state index contributed by atoms with van der Waals surface area (Å²) in [6, 6.07) is 13.7. The Kier molecular flexibility index (Phi) is 18.5. The Labute approximate surface area is 382 Å². The van der Waals surface area contributed by atoms with Crippen molar-refractivity contribution in [2.24, 2.45) is 40.6 Å². The number of carbonyl (C=O) groups is 5. The normalized spacial score (nSPS) is 23.7. The number of aryl methyl sites for hydroxylation is 1. The van der Waals surface area contributed by atoms with Crippen molar-refractivity contribution in [3.8, 4) is 11.1 Å². The molecule has 3 aliphatic carbocycles. The van der Waals surface area contributed by atoms with Crippen molar-refractivity contribution in [2.75, 3.05) is 13.1 Å². The van der Waals surface area contributed by atoms with Crippen LogP contribution < -0.4 is 22.1 Å². The van der Waals surface area contributed by atoms with Gasteiger partial charge in [0.2, 0.25) is 11.8 Å². The summed E-state index contributed by atoms with van der Waals surface area (Å²) in [6.07, 6.45) is 7.26. The van der Waals surface area contributed by atoms with E-state index in [2.05, 4.69) is 62.6 Å². The third kappa shape index (κ3) is 12.6. The quantitative estimate of drug-likeness (QED) is 0.0348. The van der Waals surface area contributed by atoms with E-state index in [1.807, 2.05) is 19.1 Å². The first-order chi connectivity index (χ1) is 30.4. The molecule has 64 heavy (non-hydrogen) atoms. The predicted molar refractivity (Wildman–Crippen MR) is 252 cm³/mol. The molecule has 4 fully saturated rings. The van der Waals surface area contributed by atoms with Gasteiger partial charge in [-0.25, -0.2) is 0 Å². The van der Waals surface area contributed by atoms with E-state index >= 15 is 0 Å². The molecule has 4 aliphatic rings. The number of aliphatic hydroxyl groups excluding tert-OH is 1. The molecule has 3 saturated carbocycles. The Hall–Kier alpha value is -3.75. The monoisotopic (exact) mass is 885 g/mol. The van der Waals surface area contributed by atoms with E-state index in [-0.39, 0.29) is 48.2 Å². The molecule has 2 amide bonds. The van der Waals surface area contributed by atoms with Gasteiger partial charge in [0.05, 0.1) is 23.9 Å². The van der Waals surface area contributed by atoms with Crippen molar-refractivity contribution in [3.63, 3.8) is 0 Å². The first kappa shape index (κ1) is 51.2. The van der Waals surface area contributed by atoms with Crippen LogP contribution in [0.2, 0.25) is 5.82 Å². The molecular weight excluding hydrogens is 807 g/mol. The summed E-state index contributed by atoms with van der Waals surface area (Å²) in [5, 5.41) is 16.4. The number of nitrogens with one attached hydrogen (secondary N) is 2. The van der Waals surface area contributed by atoms with Crippen molar-refractivity contribution in [3.05, 3.63) is 59.7 Å². The molecule has 12 nitrogen and oxygen atoms in total. The molecule has 0 spiro atoms. The first-order valence-electron chi connectivity index (χ1n) is 24.2. The van der Waals surface area contributed by atoms with Crippen molar-refractivity contribution < 1.29 is 38.4 Å². The van der Waals surface area contributed by atoms with Crippen LogP contribution in [0.4, 0.5) is 0 Å². The van der Waals surface area contributed by atoms with Crippen LogP contribution in [-0.2, 0) is 34.9 Å². The highest BCUT2D eigenvalue weighted by Gasteiger charge is 2.68. The second kappa shape index (κ2) is 23.1. The minimum Gasteiger partial charge on any atom is -0.405 e. The molecule has 0 aromatic heterocycles. The minimum absolute atomic E-state index is 0.00224. The highest BCUT2D eigenvalue weighted by atomic mass is 16.7. The zero-order valence-corrected chi connectivity index (χ0v) is 39.7. The zero-order valence-electron chi connectivity index (χ0n) is 39.7.